The molecule has 1 unspecified atom stereocenters. The predicted octanol–water partition coefficient (Wildman–Crippen LogP) is 5.17. The third kappa shape index (κ3) is 3.58. The highest BCUT2D eigenvalue weighted by molar-refractivity contribution is 5.43. The lowest BCUT2D eigenvalue weighted by atomic mass is 9.78. The summed E-state index contributed by atoms with van der Waals surface area (Å²) in [7, 11) is 3.49. The van der Waals surface area contributed by atoms with Gasteiger partial charge in [0, 0.05) is 0 Å². The number of benzene rings is 2. The van der Waals surface area contributed by atoms with Crippen LogP contribution in [0.25, 0.3) is 0 Å². The molecule has 0 N–H and O–H groups in total. The molecule has 0 saturated heterocycles. The molecule has 0 bridgehead atoms. The fourth-order valence-electron chi connectivity index (χ4n) is 3.85. The zero-order valence-electron chi connectivity index (χ0n) is 15.3. The summed E-state index contributed by atoms with van der Waals surface area (Å²) in [6.07, 6.45) is 4.57. The third-order valence-electron chi connectivity index (χ3n) is 5.06. The predicted molar refractivity (Wildman–Crippen MR) is 99.3 cm³/mol. The van der Waals surface area contributed by atoms with E-state index in [1.165, 1.54) is 28.7 Å². The summed E-state index contributed by atoms with van der Waals surface area (Å²) in [5, 5.41) is 0. The largest absolute Gasteiger partial charge is 0.497 e. The van der Waals surface area contributed by atoms with Crippen LogP contribution in [0.15, 0.2) is 36.4 Å². The van der Waals surface area contributed by atoms with Gasteiger partial charge in [0.25, 0.3) is 0 Å². The Labute approximate surface area is 145 Å². The lowest BCUT2D eigenvalue weighted by Gasteiger charge is -2.27. The second-order valence-corrected chi connectivity index (χ2v) is 7.24. The normalized spacial score (nSPS) is 16.8. The van der Waals surface area contributed by atoms with Crippen molar-refractivity contribution in [2.24, 2.45) is 5.92 Å². The molecule has 128 valence electrons. The molecular formula is C22H28O2. The Morgan fingerprint density at radius 2 is 1.67 bits per heavy atom. The molecule has 0 amide bonds. The van der Waals surface area contributed by atoms with Crippen molar-refractivity contribution < 1.29 is 9.47 Å². The Hall–Kier alpha value is -1.96. The number of hydrogen-bond acceptors (Lipinski definition) is 2. The quantitative estimate of drug-likeness (QED) is 0.755. The summed E-state index contributed by atoms with van der Waals surface area (Å²) in [4.78, 5) is 0. The Balaban J connectivity index is 1.89. The van der Waals surface area contributed by atoms with Gasteiger partial charge in [-0.15, -0.1) is 0 Å². The molecule has 0 spiro atoms. The number of rotatable bonds is 5. The van der Waals surface area contributed by atoms with Crippen molar-refractivity contribution in [1.29, 1.82) is 0 Å². The highest BCUT2D eigenvalue weighted by atomic mass is 16.5. The molecule has 24 heavy (non-hydrogen) atoms. The van der Waals surface area contributed by atoms with Crippen LogP contribution >= 0.6 is 0 Å². The number of hydrogen-bond donors (Lipinski definition) is 0. The maximum atomic E-state index is 5.45. The Morgan fingerprint density at radius 1 is 0.958 bits per heavy atom. The van der Waals surface area contributed by atoms with Crippen LogP contribution in [-0.2, 0) is 19.3 Å². The molecule has 1 aliphatic rings. The van der Waals surface area contributed by atoms with Crippen molar-refractivity contribution in [2.75, 3.05) is 14.2 Å². The van der Waals surface area contributed by atoms with Crippen molar-refractivity contribution in [2.45, 2.75) is 45.4 Å². The first-order valence-corrected chi connectivity index (χ1v) is 8.93. The Bertz CT molecular complexity index is 703. The van der Waals surface area contributed by atoms with Gasteiger partial charge < -0.3 is 9.47 Å². The zero-order valence-corrected chi connectivity index (χ0v) is 15.3. The van der Waals surface area contributed by atoms with E-state index >= 15 is 0 Å². The Kier molecular flexibility index (Phi) is 5.13. The van der Waals surface area contributed by atoms with Crippen molar-refractivity contribution in [3.8, 4) is 11.5 Å². The molecule has 2 aromatic carbocycles. The summed E-state index contributed by atoms with van der Waals surface area (Å²) in [5.41, 5.74) is 5.88. The average Bonchev–Trinajstić information content (AvgIpc) is 2.60. The molecule has 0 radical (unpaired) electrons. The van der Waals surface area contributed by atoms with Gasteiger partial charge in [0.05, 0.1) is 14.2 Å². The molecule has 0 aromatic heterocycles. The van der Waals surface area contributed by atoms with Gasteiger partial charge in [0.2, 0.25) is 0 Å². The summed E-state index contributed by atoms with van der Waals surface area (Å²) in [6.45, 7) is 4.57. The van der Waals surface area contributed by atoms with E-state index in [2.05, 4.69) is 50.2 Å². The van der Waals surface area contributed by atoms with Crippen LogP contribution in [0.4, 0.5) is 0 Å². The molecule has 0 aliphatic heterocycles. The van der Waals surface area contributed by atoms with Crippen molar-refractivity contribution in [1.82, 2.24) is 0 Å². The minimum atomic E-state index is 0.602. The van der Waals surface area contributed by atoms with E-state index in [-0.39, 0.29) is 0 Å². The molecule has 2 heteroatoms. The van der Waals surface area contributed by atoms with E-state index in [1.54, 1.807) is 14.2 Å². The molecule has 2 nitrogen and oxygen atoms in total. The van der Waals surface area contributed by atoms with Gasteiger partial charge in [0.1, 0.15) is 11.5 Å². The van der Waals surface area contributed by atoms with Crippen LogP contribution in [0.5, 0.6) is 11.5 Å². The summed E-state index contributed by atoms with van der Waals surface area (Å²) >= 11 is 0. The fraction of sp³-hybridized carbons (Fsp3) is 0.455. The lowest BCUT2D eigenvalue weighted by molar-refractivity contribution is 0.412. The van der Waals surface area contributed by atoms with Gasteiger partial charge in [-0.1, -0.05) is 26.0 Å². The van der Waals surface area contributed by atoms with E-state index in [9.17, 15) is 0 Å². The van der Waals surface area contributed by atoms with Crippen LogP contribution in [0.1, 0.15) is 48.4 Å². The van der Waals surface area contributed by atoms with E-state index < -0.39 is 0 Å². The maximum Gasteiger partial charge on any atom is 0.119 e. The molecule has 0 saturated carbocycles. The fourth-order valence-corrected chi connectivity index (χ4v) is 3.85. The van der Waals surface area contributed by atoms with E-state index in [4.69, 9.17) is 9.47 Å². The van der Waals surface area contributed by atoms with Crippen LogP contribution in [0, 0.1) is 5.92 Å². The molecule has 0 fully saturated rings. The molecule has 0 heterocycles. The number of methoxy groups -OCH3 is 2. The topological polar surface area (TPSA) is 18.5 Å². The van der Waals surface area contributed by atoms with Crippen molar-refractivity contribution >= 4 is 0 Å². The van der Waals surface area contributed by atoms with Gasteiger partial charge in [-0.25, -0.2) is 0 Å². The summed E-state index contributed by atoms with van der Waals surface area (Å²) in [6, 6.07) is 13.2. The molecule has 1 atom stereocenters. The summed E-state index contributed by atoms with van der Waals surface area (Å²) < 4.78 is 10.8. The number of ether oxygens (including phenoxy) is 2. The smallest absolute Gasteiger partial charge is 0.119 e. The van der Waals surface area contributed by atoms with Crippen LogP contribution in [-0.4, -0.2) is 14.2 Å². The van der Waals surface area contributed by atoms with Crippen LogP contribution in [0.2, 0.25) is 0 Å². The standard InChI is InChI=1S/C22H28O2/c1-15(2)11-19-14-21(24-4)9-10-22(19)18-6-5-17-13-20(23-3)8-7-16(17)12-18/h7-10,13-15,18H,5-6,11-12H2,1-4H3. The van der Waals surface area contributed by atoms with E-state index in [1.807, 2.05) is 0 Å². The van der Waals surface area contributed by atoms with Crippen LogP contribution in [0.3, 0.4) is 0 Å². The van der Waals surface area contributed by atoms with Gasteiger partial charge in [-0.2, -0.15) is 0 Å². The van der Waals surface area contributed by atoms with Crippen molar-refractivity contribution in [3.05, 3.63) is 58.7 Å². The molecular weight excluding hydrogens is 296 g/mol. The van der Waals surface area contributed by atoms with Gasteiger partial charge in [-0.05, 0) is 84.0 Å². The Morgan fingerprint density at radius 3 is 2.38 bits per heavy atom. The number of aryl methyl sites for hydroxylation is 1. The second kappa shape index (κ2) is 7.29. The van der Waals surface area contributed by atoms with Crippen molar-refractivity contribution in [3.63, 3.8) is 0 Å². The minimum Gasteiger partial charge on any atom is -0.497 e. The second-order valence-electron chi connectivity index (χ2n) is 7.24. The third-order valence-corrected chi connectivity index (χ3v) is 5.06. The highest BCUT2D eigenvalue weighted by Gasteiger charge is 2.23. The summed E-state index contributed by atoms with van der Waals surface area (Å²) in [5.74, 6) is 3.19. The highest BCUT2D eigenvalue weighted by Crippen LogP contribution is 2.37. The lowest BCUT2D eigenvalue weighted by Crippen LogP contribution is -2.15. The van der Waals surface area contributed by atoms with Gasteiger partial charge in [-0.3, -0.25) is 0 Å². The SMILES string of the molecule is COc1ccc2c(c1)CCC(c1ccc(OC)cc1CC(C)C)C2. The first-order valence-electron chi connectivity index (χ1n) is 8.93. The van der Waals surface area contributed by atoms with E-state index in [0.29, 0.717) is 11.8 Å². The van der Waals surface area contributed by atoms with E-state index in [0.717, 1.165) is 30.8 Å². The average molecular weight is 324 g/mol. The monoisotopic (exact) mass is 324 g/mol. The number of fused-ring (bicyclic) bond motifs is 1. The zero-order chi connectivity index (χ0) is 17.1. The van der Waals surface area contributed by atoms with Crippen LogP contribution < -0.4 is 9.47 Å². The maximum absolute atomic E-state index is 5.45. The van der Waals surface area contributed by atoms with Gasteiger partial charge in [0.15, 0.2) is 0 Å². The first kappa shape index (κ1) is 16.9. The first-order chi connectivity index (χ1) is 11.6. The van der Waals surface area contributed by atoms with Gasteiger partial charge >= 0.3 is 0 Å². The minimum absolute atomic E-state index is 0.602. The molecule has 1 aliphatic carbocycles. The molecule has 2 aromatic rings. The molecule has 3 rings (SSSR count).